The minimum absolute atomic E-state index is 0.103. The zero-order valence-corrected chi connectivity index (χ0v) is 16.3. The fourth-order valence-corrected chi connectivity index (χ4v) is 2.94. The highest BCUT2D eigenvalue weighted by Crippen LogP contribution is 2.37. The average molecular weight is 401 g/mol. The van der Waals surface area contributed by atoms with E-state index in [0.29, 0.717) is 5.69 Å². The number of ether oxygens (including phenoxy) is 1. The highest BCUT2D eigenvalue weighted by Gasteiger charge is 2.36. The van der Waals surface area contributed by atoms with Crippen LogP contribution in [0.5, 0.6) is 6.01 Å². The van der Waals surface area contributed by atoms with Crippen molar-refractivity contribution >= 4 is 11.5 Å². The van der Waals surface area contributed by atoms with E-state index in [0.717, 1.165) is 30.2 Å². The Hall–Kier alpha value is -3.09. The molecule has 0 aliphatic carbocycles. The van der Waals surface area contributed by atoms with E-state index in [4.69, 9.17) is 4.74 Å². The summed E-state index contributed by atoms with van der Waals surface area (Å²) in [5, 5.41) is 0. The minimum Gasteiger partial charge on any atom is -0.459 e. The molecule has 3 rings (SSSR count). The Morgan fingerprint density at radius 2 is 1.72 bits per heavy atom. The molecular weight excluding hydrogens is 379 g/mol. The summed E-state index contributed by atoms with van der Waals surface area (Å²) in [5.41, 5.74) is 1.64. The fourth-order valence-electron chi connectivity index (χ4n) is 2.94. The number of alkyl halides is 3. The van der Waals surface area contributed by atoms with Gasteiger partial charge in [-0.05, 0) is 29.7 Å². The molecule has 0 aliphatic heterocycles. The molecule has 0 amide bonds. The third-order valence-electron chi connectivity index (χ3n) is 4.42. The molecule has 0 bridgehead atoms. The number of benzene rings is 2. The predicted octanol–water partition coefficient (Wildman–Crippen LogP) is 5.79. The summed E-state index contributed by atoms with van der Waals surface area (Å²) < 4.78 is 46.2. The van der Waals surface area contributed by atoms with Crippen molar-refractivity contribution in [2.75, 3.05) is 11.9 Å². The zero-order chi connectivity index (χ0) is 20.9. The maximum atomic E-state index is 13.6. The normalized spacial score (nSPS) is 11.3. The van der Waals surface area contributed by atoms with E-state index in [-0.39, 0.29) is 18.4 Å². The van der Waals surface area contributed by atoms with Crippen molar-refractivity contribution in [3.8, 4) is 6.01 Å². The van der Waals surface area contributed by atoms with E-state index >= 15 is 0 Å². The number of nitrogens with zero attached hydrogens (tertiary/aromatic N) is 3. The first-order valence-electron chi connectivity index (χ1n) is 9.32. The largest absolute Gasteiger partial charge is 0.459 e. The van der Waals surface area contributed by atoms with Crippen LogP contribution < -0.4 is 9.64 Å². The Morgan fingerprint density at radius 1 is 1.00 bits per heavy atom. The molecule has 29 heavy (non-hydrogen) atoms. The lowest BCUT2D eigenvalue weighted by atomic mass is 10.1. The van der Waals surface area contributed by atoms with Gasteiger partial charge in [0.05, 0.1) is 0 Å². The third-order valence-corrected chi connectivity index (χ3v) is 4.42. The number of halogens is 3. The van der Waals surface area contributed by atoms with Crippen LogP contribution in [0.1, 0.15) is 30.0 Å². The molecule has 0 atom stereocenters. The summed E-state index contributed by atoms with van der Waals surface area (Å²) in [6.45, 7) is 2.22. The smallest absolute Gasteiger partial charge is 0.421 e. The van der Waals surface area contributed by atoms with Crippen molar-refractivity contribution in [1.29, 1.82) is 0 Å². The summed E-state index contributed by atoms with van der Waals surface area (Å²) in [6, 6.07) is 16.6. The van der Waals surface area contributed by atoms with Crippen molar-refractivity contribution < 1.29 is 17.9 Å². The van der Waals surface area contributed by atoms with Crippen LogP contribution >= 0.6 is 0 Å². The second-order valence-electron chi connectivity index (χ2n) is 6.64. The van der Waals surface area contributed by atoms with Crippen molar-refractivity contribution in [1.82, 2.24) is 9.97 Å². The van der Waals surface area contributed by atoms with Crippen LogP contribution in [0.15, 0.2) is 60.8 Å². The van der Waals surface area contributed by atoms with Crippen LogP contribution in [0.2, 0.25) is 0 Å². The van der Waals surface area contributed by atoms with E-state index in [1.54, 1.807) is 13.1 Å². The van der Waals surface area contributed by atoms with Gasteiger partial charge >= 0.3 is 12.2 Å². The molecule has 2 aromatic carbocycles. The molecule has 0 fully saturated rings. The number of rotatable bonds is 7. The first kappa shape index (κ1) is 20.6. The van der Waals surface area contributed by atoms with Crippen molar-refractivity contribution in [3.05, 3.63) is 77.5 Å². The van der Waals surface area contributed by atoms with Crippen molar-refractivity contribution in [3.63, 3.8) is 0 Å². The predicted molar refractivity (Wildman–Crippen MR) is 106 cm³/mol. The summed E-state index contributed by atoms with van der Waals surface area (Å²) in [6.07, 6.45) is -2.01. The number of aryl methyl sites for hydroxylation is 1. The SMILES string of the molecule is CCCc1cccc(N(C)c2nc(OCc3ccccc3)ncc2C(F)(F)F)c1. The number of anilines is 2. The van der Waals surface area contributed by atoms with Gasteiger partial charge < -0.3 is 9.64 Å². The van der Waals surface area contributed by atoms with Gasteiger partial charge in [-0.3, -0.25) is 0 Å². The Balaban J connectivity index is 1.92. The maximum Gasteiger partial charge on any atom is 0.421 e. The summed E-state index contributed by atoms with van der Waals surface area (Å²) in [5.74, 6) is -0.246. The quantitative estimate of drug-likeness (QED) is 0.502. The van der Waals surface area contributed by atoms with E-state index < -0.39 is 11.7 Å². The summed E-state index contributed by atoms with van der Waals surface area (Å²) in [7, 11) is 1.56. The average Bonchev–Trinajstić information content (AvgIpc) is 2.72. The van der Waals surface area contributed by atoms with Crippen LogP contribution in [0.25, 0.3) is 0 Å². The van der Waals surface area contributed by atoms with Gasteiger partial charge in [-0.25, -0.2) is 4.98 Å². The molecular formula is C22H22F3N3O. The van der Waals surface area contributed by atoms with Gasteiger partial charge in [0.25, 0.3) is 0 Å². The second-order valence-corrected chi connectivity index (χ2v) is 6.64. The second kappa shape index (κ2) is 8.94. The zero-order valence-electron chi connectivity index (χ0n) is 16.3. The van der Waals surface area contributed by atoms with Crippen LogP contribution in [0.3, 0.4) is 0 Å². The number of aromatic nitrogens is 2. The van der Waals surface area contributed by atoms with Gasteiger partial charge in [0.2, 0.25) is 0 Å². The van der Waals surface area contributed by atoms with Gasteiger partial charge in [0, 0.05) is 18.9 Å². The molecule has 152 valence electrons. The van der Waals surface area contributed by atoms with Crippen LogP contribution in [0.4, 0.5) is 24.7 Å². The summed E-state index contributed by atoms with van der Waals surface area (Å²) in [4.78, 5) is 9.26. The maximum absolute atomic E-state index is 13.6. The molecule has 0 spiro atoms. The van der Waals surface area contributed by atoms with E-state index in [9.17, 15) is 13.2 Å². The van der Waals surface area contributed by atoms with Gasteiger partial charge in [0.15, 0.2) is 5.82 Å². The molecule has 1 aromatic heterocycles. The highest BCUT2D eigenvalue weighted by molar-refractivity contribution is 5.63. The Kier molecular flexibility index (Phi) is 6.36. The lowest BCUT2D eigenvalue weighted by Gasteiger charge is -2.23. The number of hydrogen-bond donors (Lipinski definition) is 0. The lowest BCUT2D eigenvalue weighted by Crippen LogP contribution is -2.19. The minimum atomic E-state index is -4.58. The Labute approximate surface area is 168 Å². The van der Waals surface area contributed by atoms with Gasteiger partial charge in [-0.15, -0.1) is 0 Å². The lowest BCUT2D eigenvalue weighted by molar-refractivity contribution is -0.137. The van der Waals surface area contributed by atoms with Crippen LogP contribution in [0, 0.1) is 0 Å². The van der Waals surface area contributed by atoms with Crippen molar-refractivity contribution in [2.24, 2.45) is 0 Å². The summed E-state index contributed by atoms with van der Waals surface area (Å²) >= 11 is 0. The Bertz CT molecular complexity index is 946. The van der Waals surface area contributed by atoms with Crippen LogP contribution in [-0.2, 0) is 19.2 Å². The molecule has 0 saturated heterocycles. The molecule has 3 aromatic rings. The van der Waals surface area contributed by atoms with E-state index in [2.05, 4.69) is 16.9 Å². The van der Waals surface area contributed by atoms with E-state index in [1.807, 2.05) is 48.5 Å². The Morgan fingerprint density at radius 3 is 2.41 bits per heavy atom. The molecule has 0 saturated carbocycles. The molecule has 0 unspecified atom stereocenters. The molecule has 0 aliphatic rings. The molecule has 0 radical (unpaired) electrons. The molecule has 7 heteroatoms. The monoisotopic (exact) mass is 401 g/mol. The number of hydrogen-bond acceptors (Lipinski definition) is 4. The first-order valence-corrected chi connectivity index (χ1v) is 9.32. The first-order chi connectivity index (χ1) is 13.9. The molecule has 4 nitrogen and oxygen atoms in total. The molecule has 1 heterocycles. The van der Waals surface area contributed by atoms with Crippen LogP contribution in [-0.4, -0.2) is 17.0 Å². The fraction of sp³-hybridized carbons (Fsp3) is 0.273. The van der Waals surface area contributed by atoms with E-state index in [1.165, 1.54) is 4.90 Å². The topological polar surface area (TPSA) is 38.2 Å². The van der Waals surface area contributed by atoms with Gasteiger partial charge in [-0.1, -0.05) is 55.8 Å². The van der Waals surface area contributed by atoms with Gasteiger partial charge in [0.1, 0.15) is 12.2 Å². The molecule has 0 N–H and O–H groups in total. The third kappa shape index (κ3) is 5.25. The van der Waals surface area contributed by atoms with Crippen molar-refractivity contribution in [2.45, 2.75) is 32.5 Å². The highest BCUT2D eigenvalue weighted by atomic mass is 19.4. The van der Waals surface area contributed by atoms with Gasteiger partial charge in [-0.2, -0.15) is 18.2 Å². The standard InChI is InChI=1S/C22H22F3N3O/c1-3-8-16-11-7-12-18(13-16)28(2)20-19(22(23,24)25)14-26-21(27-20)29-15-17-9-5-4-6-10-17/h4-7,9-14H,3,8,15H2,1-2H3.